The lowest BCUT2D eigenvalue weighted by atomic mass is 10.1. The first kappa shape index (κ1) is 8.79. The van der Waals surface area contributed by atoms with Crippen LogP contribution >= 0.6 is 0 Å². The van der Waals surface area contributed by atoms with Crippen LogP contribution in [0, 0.1) is 0 Å². The summed E-state index contributed by atoms with van der Waals surface area (Å²) in [4.78, 5) is 0. The van der Waals surface area contributed by atoms with Crippen molar-refractivity contribution >= 4 is 0 Å². The second-order valence-corrected chi connectivity index (χ2v) is 3.31. The molecule has 0 spiro atoms. The lowest BCUT2D eigenvalue weighted by molar-refractivity contribution is 0.0698. The summed E-state index contributed by atoms with van der Waals surface area (Å²) < 4.78 is 5.57. The highest BCUT2D eigenvalue weighted by Crippen LogP contribution is 2.16. The normalized spacial score (nSPS) is 24.9. The van der Waals surface area contributed by atoms with Gasteiger partial charge in [-0.1, -0.05) is 31.4 Å². The molecule has 1 nitrogen and oxygen atoms in total. The van der Waals surface area contributed by atoms with Gasteiger partial charge in [0.2, 0.25) is 0 Å². The highest BCUT2D eigenvalue weighted by molar-refractivity contribution is 5.04. The van der Waals surface area contributed by atoms with Crippen molar-refractivity contribution in [1.29, 1.82) is 0 Å². The van der Waals surface area contributed by atoms with E-state index in [9.17, 15) is 0 Å². The Balaban J connectivity index is 2.28. The number of unbranched alkanes of at least 4 members (excludes halogenated alkanes) is 1. The van der Waals surface area contributed by atoms with E-state index in [2.05, 4.69) is 19.9 Å². The molecular formula is C10H18O. The van der Waals surface area contributed by atoms with E-state index in [0.717, 1.165) is 13.0 Å². The molecule has 0 aromatic heterocycles. The zero-order valence-electron chi connectivity index (χ0n) is 7.60. The summed E-state index contributed by atoms with van der Waals surface area (Å²) in [5.74, 6) is 0. The fraction of sp³-hybridized carbons (Fsp3) is 0.800. The average molecular weight is 154 g/mol. The minimum atomic E-state index is 0.420. The monoisotopic (exact) mass is 154 g/mol. The Morgan fingerprint density at radius 3 is 3.09 bits per heavy atom. The summed E-state index contributed by atoms with van der Waals surface area (Å²) in [6.07, 6.45) is 7.58. The summed E-state index contributed by atoms with van der Waals surface area (Å²) in [5, 5.41) is 0. The third-order valence-corrected chi connectivity index (χ3v) is 2.14. The van der Waals surface area contributed by atoms with Gasteiger partial charge in [-0.15, -0.1) is 0 Å². The van der Waals surface area contributed by atoms with Crippen LogP contribution < -0.4 is 0 Å². The van der Waals surface area contributed by atoms with Crippen LogP contribution in [0.4, 0.5) is 0 Å². The van der Waals surface area contributed by atoms with Crippen molar-refractivity contribution in [3.05, 3.63) is 11.6 Å². The Kier molecular flexibility index (Phi) is 3.64. The first-order chi connectivity index (χ1) is 5.33. The third-order valence-electron chi connectivity index (χ3n) is 2.14. The van der Waals surface area contributed by atoms with Crippen LogP contribution in [-0.2, 0) is 4.74 Å². The SMILES string of the molecule is CCCC[C@@H]1C=C(C)CCO1. The van der Waals surface area contributed by atoms with Crippen LogP contribution in [0.2, 0.25) is 0 Å². The molecule has 11 heavy (non-hydrogen) atoms. The second kappa shape index (κ2) is 4.55. The molecule has 0 saturated heterocycles. The van der Waals surface area contributed by atoms with E-state index in [0.29, 0.717) is 6.10 Å². The molecule has 1 aliphatic rings. The summed E-state index contributed by atoms with van der Waals surface area (Å²) >= 11 is 0. The highest BCUT2D eigenvalue weighted by atomic mass is 16.5. The van der Waals surface area contributed by atoms with Crippen molar-refractivity contribution < 1.29 is 4.74 Å². The molecule has 1 heteroatoms. The molecule has 0 fully saturated rings. The molecule has 0 unspecified atom stereocenters. The molecule has 1 atom stereocenters. The third kappa shape index (κ3) is 3.06. The fourth-order valence-electron chi connectivity index (χ4n) is 1.39. The fourth-order valence-corrected chi connectivity index (χ4v) is 1.39. The van der Waals surface area contributed by atoms with Gasteiger partial charge >= 0.3 is 0 Å². The van der Waals surface area contributed by atoms with Gasteiger partial charge in [0, 0.05) is 0 Å². The maximum Gasteiger partial charge on any atom is 0.0758 e. The Labute approximate surface area is 69.4 Å². The number of ether oxygens (including phenoxy) is 1. The van der Waals surface area contributed by atoms with E-state index in [-0.39, 0.29) is 0 Å². The van der Waals surface area contributed by atoms with Crippen LogP contribution in [0.25, 0.3) is 0 Å². The Morgan fingerprint density at radius 1 is 1.64 bits per heavy atom. The maximum atomic E-state index is 5.57. The molecule has 0 saturated carbocycles. The van der Waals surface area contributed by atoms with Gasteiger partial charge in [-0.2, -0.15) is 0 Å². The molecule has 64 valence electrons. The molecular weight excluding hydrogens is 136 g/mol. The van der Waals surface area contributed by atoms with Crippen molar-refractivity contribution in [1.82, 2.24) is 0 Å². The Bertz CT molecular complexity index is 138. The maximum absolute atomic E-state index is 5.57. The predicted octanol–water partition coefficient (Wildman–Crippen LogP) is 2.91. The van der Waals surface area contributed by atoms with E-state index in [1.54, 1.807) is 0 Å². The van der Waals surface area contributed by atoms with E-state index < -0.39 is 0 Å². The molecule has 0 radical (unpaired) electrons. The minimum absolute atomic E-state index is 0.420. The second-order valence-electron chi connectivity index (χ2n) is 3.31. The molecule has 0 amide bonds. The lowest BCUT2D eigenvalue weighted by Gasteiger charge is -2.19. The molecule has 1 aliphatic heterocycles. The van der Waals surface area contributed by atoms with Gasteiger partial charge in [0.1, 0.15) is 0 Å². The summed E-state index contributed by atoms with van der Waals surface area (Å²) in [5.41, 5.74) is 1.50. The highest BCUT2D eigenvalue weighted by Gasteiger charge is 2.09. The predicted molar refractivity (Wildman–Crippen MR) is 47.6 cm³/mol. The van der Waals surface area contributed by atoms with E-state index in [4.69, 9.17) is 4.74 Å². The van der Waals surface area contributed by atoms with Gasteiger partial charge in [0.25, 0.3) is 0 Å². The zero-order chi connectivity index (χ0) is 8.10. The Hall–Kier alpha value is -0.300. The van der Waals surface area contributed by atoms with E-state index in [1.165, 1.54) is 24.8 Å². The summed E-state index contributed by atoms with van der Waals surface area (Å²) in [6, 6.07) is 0. The van der Waals surface area contributed by atoms with Crippen LogP contribution in [-0.4, -0.2) is 12.7 Å². The standard InChI is InChI=1S/C10H18O/c1-3-4-5-10-8-9(2)6-7-11-10/h8,10H,3-7H2,1-2H3/t10-/m1/s1. The first-order valence-corrected chi connectivity index (χ1v) is 4.62. The van der Waals surface area contributed by atoms with Crippen LogP contribution in [0.3, 0.4) is 0 Å². The number of rotatable bonds is 3. The van der Waals surface area contributed by atoms with E-state index >= 15 is 0 Å². The van der Waals surface area contributed by atoms with Crippen molar-refractivity contribution in [3.8, 4) is 0 Å². The van der Waals surface area contributed by atoms with Crippen molar-refractivity contribution in [2.75, 3.05) is 6.61 Å². The van der Waals surface area contributed by atoms with Crippen molar-refractivity contribution in [3.63, 3.8) is 0 Å². The van der Waals surface area contributed by atoms with Crippen molar-refractivity contribution in [2.24, 2.45) is 0 Å². The van der Waals surface area contributed by atoms with Gasteiger partial charge in [-0.25, -0.2) is 0 Å². The molecule has 1 rings (SSSR count). The summed E-state index contributed by atoms with van der Waals surface area (Å²) in [7, 11) is 0. The molecule has 0 aromatic carbocycles. The van der Waals surface area contributed by atoms with Gasteiger partial charge in [-0.05, 0) is 19.8 Å². The van der Waals surface area contributed by atoms with E-state index in [1.807, 2.05) is 0 Å². The smallest absolute Gasteiger partial charge is 0.0758 e. The van der Waals surface area contributed by atoms with Crippen LogP contribution in [0.5, 0.6) is 0 Å². The molecule has 0 bridgehead atoms. The largest absolute Gasteiger partial charge is 0.374 e. The summed E-state index contributed by atoms with van der Waals surface area (Å²) in [6.45, 7) is 5.34. The lowest BCUT2D eigenvalue weighted by Crippen LogP contribution is -2.16. The quantitative estimate of drug-likeness (QED) is 0.568. The minimum Gasteiger partial charge on any atom is -0.374 e. The molecule has 1 heterocycles. The first-order valence-electron chi connectivity index (χ1n) is 4.62. The average Bonchev–Trinajstić information content (AvgIpc) is 2.01. The zero-order valence-corrected chi connectivity index (χ0v) is 7.60. The molecule has 0 aliphatic carbocycles. The van der Waals surface area contributed by atoms with Gasteiger partial charge in [0.05, 0.1) is 12.7 Å². The van der Waals surface area contributed by atoms with Crippen molar-refractivity contribution in [2.45, 2.75) is 45.6 Å². The number of hydrogen-bond donors (Lipinski definition) is 0. The molecule has 0 aromatic rings. The number of hydrogen-bond acceptors (Lipinski definition) is 1. The molecule has 0 N–H and O–H groups in total. The van der Waals surface area contributed by atoms with Gasteiger partial charge in [-0.3, -0.25) is 0 Å². The topological polar surface area (TPSA) is 9.23 Å². The van der Waals surface area contributed by atoms with Gasteiger partial charge in [0.15, 0.2) is 0 Å². The van der Waals surface area contributed by atoms with Crippen LogP contribution in [0.15, 0.2) is 11.6 Å². The Morgan fingerprint density at radius 2 is 2.45 bits per heavy atom. The van der Waals surface area contributed by atoms with Crippen LogP contribution in [0.1, 0.15) is 39.5 Å². The van der Waals surface area contributed by atoms with Gasteiger partial charge < -0.3 is 4.74 Å².